The zero-order valence-electron chi connectivity index (χ0n) is 11.4. The molecular formula is C17H14N2OS. The molecule has 3 rings (SSSR count). The third kappa shape index (κ3) is 3.61. The summed E-state index contributed by atoms with van der Waals surface area (Å²) in [4.78, 5) is 20.8. The molecule has 21 heavy (non-hydrogen) atoms. The van der Waals surface area contributed by atoms with Crippen molar-refractivity contribution >= 4 is 17.1 Å². The van der Waals surface area contributed by atoms with E-state index in [1.807, 2.05) is 53.9 Å². The van der Waals surface area contributed by atoms with E-state index in [9.17, 15) is 4.79 Å². The van der Waals surface area contributed by atoms with Crippen LogP contribution >= 0.6 is 11.3 Å². The minimum absolute atomic E-state index is 0.141. The molecule has 0 atom stereocenters. The van der Waals surface area contributed by atoms with Crippen LogP contribution in [0.15, 0.2) is 60.1 Å². The third-order valence-electron chi connectivity index (χ3n) is 3.07. The number of carbonyl (C=O) groups is 1. The molecule has 3 nitrogen and oxygen atoms in total. The van der Waals surface area contributed by atoms with Gasteiger partial charge in [0, 0.05) is 29.3 Å². The highest BCUT2D eigenvalue weighted by atomic mass is 32.1. The average Bonchev–Trinajstić information content (AvgIpc) is 2.97. The van der Waals surface area contributed by atoms with Crippen molar-refractivity contribution in [3.8, 4) is 11.3 Å². The Bertz CT molecular complexity index is 723. The standard InChI is InChI=1S/C17H14N2OS/c20-15(10-14-8-4-5-9-18-14)11-17-19-16(12-21-17)13-6-2-1-3-7-13/h1-9,12H,10-11H2. The number of Topliss-reactive ketones (excluding diaryl/α,β-unsaturated/α-hetero) is 1. The Labute approximate surface area is 127 Å². The van der Waals surface area contributed by atoms with Gasteiger partial charge in [-0.1, -0.05) is 36.4 Å². The van der Waals surface area contributed by atoms with Crippen LogP contribution in [0.1, 0.15) is 10.7 Å². The lowest BCUT2D eigenvalue weighted by Gasteiger charge is -1.98. The molecule has 104 valence electrons. The largest absolute Gasteiger partial charge is 0.299 e. The van der Waals surface area contributed by atoms with Gasteiger partial charge >= 0.3 is 0 Å². The molecule has 1 aromatic carbocycles. The first kappa shape index (κ1) is 13.6. The highest BCUT2D eigenvalue weighted by Gasteiger charge is 2.10. The van der Waals surface area contributed by atoms with Crippen molar-refractivity contribution in [1.29, 1.82) is 0 Å². The van der Waals surface area contributed by atoms with Gasteiger partial charge in [-0.15, -0.1) is 11.3 Å². The zero-order valence-corrected chi connectivity index (χ0v) is 12.2. The van der Waals surface area contributed by atoms with Gasteiger partial charge in [0.2, 0.25) is 0 Å². The summed E-state index contributed by atoms with van der Waals surface area (Å²) in [5.41, 5.74) is 2.82. The lowest BCUT2D eigenvalue weighted by Crippen LogP contribution is -2.07. The number of rotatable bonds is 5. The molecule has 4 heteroatoms. The minimum atomic E-state index is 0.141. The number of aromatic nitrogens is 2. The molecule has 0 aliphatic rings. The number of benzene rings is 1. The summed E-state index contributed by atoms with van der Waals surface area (Å²) in [6, 6.07) is 15.6. The van der Waals surface area contributed by atoms with Crippen LogP contribution in [-0.2, 0) is 17.6 Å². The molecule has 2 heterocycles. The van der Waals surface area contributed by atoms with Crippen molar-refractivity contribution in [2.45, 2.75) is 12.8 Å². The SMILES string of the molecule is O=C(Cc1ccccn1)Cc1nc(-c2ccccc2)cs1. The van der Waals surface area contributed by atoms with Crippen LogP contribution in [0.25, 0.3) is 11.3 Å². The summed E-state index contributed by atoms with van der Waals surface area (Å²) in [5, 5.41) is 2.86. The van der Waals surface area contributed by atoms with Gasteiger partial charge in [-0.3, -0.25) is 9.78 Å². The monoisotopic (exact) mass is 294 g/mol. The van der Waals surface area contributed by atoms with E-state index in [2.05, 4.69) is 9.97 Å². The van der Waals surface area contributed by atoms with Gasteiger partial charge in [0.05, 0.1) is 12.1 Å². The fourth-order valence-electron chi connectivity index (χ4n) is 2.07. The Morgan fingerprint density at radius 3 is 2.57 bits per heavy atom. The van der Waals surface area contributed by atoms with Crippen LogP contribution in [0, 0.1) is 0 Å². The topological polar surface area (TPSA) is 42.9 Å². The molecule has 0 saturated carbocycles. The third-order valence-corrected chi connectivity index (χ3v) is 3.92. The van der Waals surface area contributed by atoms with Crippen molar-refractivity contribution in [2.24, 2.45) is 0 Å². The Kier molecular flexibility index (Phi) is 4.17. The summed E-state index contributed by atoms with van der Waals surface area (Å²) in [6.45, 7) is 0. The Hall–Kier alpha value is -2.33. The highest BCUT2D eigenvalue weighted by molar-refractivity contribution is 7.10. The summed E-state index contributed by atoms with van der Waals surface area (Å²) >= 11 is 1.53. The molecular weight excluding hydrogens is 280 g/mol. The van der Waals surface area contributed by atoms with Gasteiger partial charge in [0.1, 0.15) is 10.8 Å². The molecule has 0 N–H and O–H groups in total. The maximum absolute atomic E-state index is 12.1. The molecule has 0 aliphatic carbocycles. The number of hydrogen-bond donors (Lipinski definition) is 0. The van der Waals surface area contributed by atoms with Crippen molar-refractivity contribution in [3.63, 3.8) is 0 Å². The van der Waals surface area contributed by atoms with Crippen molar-refractivity contribution < 1.29 is 4.79 Å². The summed E-state index contributed by atoms with van der Waals surface area (Å²) in [5.74, 6) is 0.141. The van der Waals surface area contributed by atoms with E-state index in [4.69, 9.17) is 0 Å². The quantitative estimate of drug-likeness (QED) is 0.722. The first-order valence-electron chi connectivity index (χ1n) is 6.73. The van der Waals surface area contributed by atoms with Crippen LogP contribution < -0.4 is 0 Å². The molecule has 0 spiro atoms. The lowest BCUT2D eigenvalue weighted by molar-refractivity contribution is -0.117. The van der Waals surface area contributed by atoms with E-state index < -0.39 is 0 Å². The maximum atomic E-state index is 12.1. The number of carbonyl (C=O) groups excluding carboxylic acids is 1. The van der Waals surface area contributed by atoms with Crippen LogP contribution in [0.3, 0.4) is 0 Å². The van der Waals surface area contributed by atoms with E-state index in [0.717, 1.165) is 22.0 Å². The van der Waals surface area contributed by atoms with Gasteiger partial charge in [0.15, 0.2) is 0 Å². The second kappa shape index (κ2) is 6.41. The Morgan fingerprint density at radius 2 is 1.81 bits per heavy atom. The van der Waals surface area contributed by atoms with Gasteiger partial charge in [0.25, 0.3) is 0 Å². The second-order valence-electron chi connectivity index (χ2n) is 4.71. The van der Waals surface area contributed by atoms with Crippen LogP contribution in [0.5, 0.6) is 0 Å². The molecule has 0 unspecified atom stereocenters. The molecule has 0 fully saturated rings. The number of thiazole rings is 1. The van der Waals surface area contributed by atoms with Crippen LogP contribution in [-0.4, -0.2) is 15.8 Å². The molecule has 0 bridgehead atoms. The van der Waals surface area contributed by atoms with E-state index in [0.29, 0.717) is 12.8 Å². The molecule has 3 aromatic rings. The molecule has 0 aliphatic heterocycles. The molecule has 2 aromatic heterocycles. The first-order chi connectivity index (χ1) is 10.3. The predicted molar refractivity (Wildman–Crippen MR) is 84.2 cm³/mol. The van der Waals surface area contributed by atoms with Gasteiger partial charge < -0.3 is 0 Å². The summed E-state index contributed by atoms with van der Waals surface area (Å²) < 4.78 is 0. The molecule has 0 saturated heterocycles. The number of hydrogen-bond acceptors (Lipinski definition) is 4. The molecule has 0 amide bonds. The van der Waals surface area contributed by atoms with Gasteiger partial charge in [-0.05, 0) is 12.1 Å². The summed E-state index contributed by atoms with van der Waals surface area (Å²) in [6.07, 6.45) is 2.44. The van der Waals surface area contributed by atoms with E-state index in [-0.39, 0.29) is 5.78 Å². The van der Waals surface area contributed by atoms with Gasteiger partial charge in [-0.2, -0.15) is 0 Å². The van der Waals surface area contributed by atoms with Crippen molar-refractivity contribution in [1.82, 2.24) is 9.97 Å². The molecule has 0 radical (unpaired) electrons. The highest BCUT2D eigenvalue weighted by Crippen LogP contribution is 2.22. The van der Waals surface area contributed by atoms with E-state index >= 15 is 0 Å². The number of ketones is 1. The van der Waals surface area contributed by atoms with Crippen LogP contribution in [0.2, 0.25) is 0 Å². The van der Waals surface area contributed by atoms with E-state index in [1.54, 1.807) is 6.20 Å². The summed E-state index contributed by atoms with van der Waals surface area (Å²) in [7, 11) is 0. The number of pyridine rings is 1. The van der Waals surface area contributed by atoms with E-state index in [1.165, 1.54) is 11.3 Å². The maximum Gasteiger partial charge on any atom is 0.145 e. The van der Waals surface area contributed by atoms with Crippen molar-refractivity contribution in [3.05, 3.63) is 70.8 Å². The predicted octanol–water partition coefficient (Wildman–Crippen LogP) is 3.56. The Balaban J connectivity index is 1.66. The fourth-order valence-corrected chi connectivity index (χ4v) is 2.90. The Morgan fingerprint density at radius 1 is 1.00 bits per heavy atom. The van der Waals surface area contributed by atoms with Crippen LogP contribution in [0.4, 0.5) is 0 Å². The smallest absolute Gasteiger partial charge is 0.145 e. The first-order valence-corrected chi connectivity index (χ1v) is 7.60. The number of nitrogens with zero attached hydrogens (tertiary/aromatic N) is 2. The lowest BCUT2D eigenvalue weighted by atomic mass is 10.1. The normalized spacial score (nSPS) is 10.5. The second-order valence-corrected chi connectivity index (χ2v) is 5.65. The van der Waals surface area contributed by atoms with Gasteiger partial charge in [-0.25, -0.2) is 4.98 Å². The minimum Gasteiger partial charge on any atom is -0.299 e. The zero-order chi connectivity index (χ0) is 14.5. The van der Waals surface area contributed by atoms with Crippen molar-refractivity contribution in [2.75, 3.05) is 0 Å². The average molecular weight is 294 g/mol. The fraction of sp³-hybridized carbons (Fsp3) is 0.118.